The molecule has 0 saturated carbocycles. The fraction of sp³-hybridized carbons (Fsp3) is 0.857. The molecule has 0 spiro atoms. The van der Waals surface area contributed by atoms with E-state index in [0.29, 0.717) is 0 Å². The highest BCUT2D eigenvalue weighted by molar-refractivity contribution is 6.72. The molecule has 0 aliphatic carbocycles. The number of halogens is 1. The molecule has 1 aliphatic heterocycles. The maximum Gasteiger partial charge on any atom is 0.465 e. The highest BCUT2D eigenvalue weighted by atomic mass is 28.4. The van der Waals surface area contributed by atoms with E-state index in [1.807, 2.05) is 42.3 Å². The Morgan fingerprint density at radius 1 is 0.722 bits per heavy atom. The average molecular weight is 272 g/mol. The van der Waals surface area contributed by atoms with Crippen molar-refractivity contribution in [1.29, 1.82) is 0 Å². The van der Waals surface area contributed by atoms with Gasteiger partial charge in [-0.15, -0.1) is 0 Å². The van der Waals surface area contributed by atoms with Crippen molar-refractivity contribution in [1.82, 2.24) is 9.13 Å². The molecule has 1 rings (SSSR count). The minimum Gasteiger partial charge on any atom is -0.356 e. The lowest BCUT2D eigenvalue weighted by atomic mass is 10.1. The second-order valence-corrected chi connectivity index (χ2v) is 11.9. The molecule has 0 fully saturated rings. The highest BCUT2D eigenvalue weighted by Crippen LogP contribution is 2.49. The molecule has 1 aliphatic rings. The molecular formula is C14H29FN2Si. The molecule has 0 N–H and O–H groups in total. The van der Waals surface area contributed by atoms with Crippen LogP contribution in [0.2, 0.25) is 5.04 Å². The van der Waals surface area contributed by atoms with Crippen molar-refractivity contribution in [3.63, 3.8) is 0 Å². The van der Waals surface area contributed by atoms with Crippen molar-refractivity contribution in [2.45, 2.75) is 78.4 Å². The summed E-state index contributed by atoms with van der Waals surface area (Å²) in [5, 5.41) is -0.364. The van der Waals surface area contributed by atoms with Gasteiger partial charge in [0.1, 0.15) is 0 Å². The molecule has 0 atom stereocenters. The minimum absolute atomic E-state index is 0.190. The van der Waals surface area contributed by atoms with Crippen LogP contribution < -0.4 is 0 Å². The molecule has 0 amide bonds. The highest BCUT2D eigenvalue weighted by Gasteiger charge is 2.63. The maximum atomic E-state index is 16.1. The Kier molecular flexibility index (Phi) is 3.44. The van der Waals surface area contributed by atoms with E-state index >= 15 is 4.11 Å². The van der Waals surface area contributed by atoms with Gasteiger partial charge < -0.3 is 9.13 Å². The Hall–Kier alpha value is -0.513. The lowest BCUT2D eigenvalue weighted by Gasteiger charge is -2.52. The van der Waals surface area contributed by atoms with Gasteiger partial charge in [0.05, 0.1) is 0 Å². The molecule has 0 saturated heterocycles. The van der Waals surface area contributed by atoms with E-state index < -0.39 is 8.73 Å². The normalized spacial score (nSPS) is 20.8. The van der Waals surface area contributed by atoms with Crippen LogP contribution in [0.3, 0.4) is 0 Å². The lowest BCUT2D eigenvalue weighted by molar-refractivity contribution is 0.210. The maximum absolute atomic E-state index is 16.1. The summed E-state index contributed by atoms with van der Waals surface area (Å²) in [4.78, 5) is 0. The van der Waals surface area contributed by atoms with Crippen LogP contribution in [-0.2, 0) is 0 Å². The zero-order valence-corrected chi connectivity index (χ0v) is 14.4. The number of hydrogen-bond donors (Lipinski definition) is 0. The molecule has 0 bridgehead atoms. The molecule has 0 unspecified atom stereocenters. The van der Waals surface area contributed by atoms with E-state index in [4.69, 9.17) is 0 Å². The monoisotopic (exact) mass is 272 g/mol. The molecule has 4 heteroatoms. The van der Waals surface area contributed by atoms with Crippen LogP contribution in [0.1, 0.15) is 62.3 Å². The van der Waals surface area contributed by atoms with Crippen LogP contribution >= 0.6 is 0 Å². The largest absolute Gasteiger partial charge is 0.465 e. The van der Waals surface area contributed by atoms with Gasteiger partial charge in [0.15, 0.2) is 0 Å². The fourth-order valence-corrected chi connectivity index (χ4v) is 6.49. The molecule has 18 heavy (non-hydrogen) atoms. The van der Waals surface area contributed by atoms with Gasteiger partial charge in [-0.2, -0.15) is 0 Å². The summed E-state index contributed by atoms with van der Waals surface area (Å²) in [5.74, 6) is 0. The zero-order valence-electron chi connectivity index (χ0n) is 13.4. The van der Waals surface area contributed by atoms with Crippen molar-refractivity contribution < 1.29 is 4.11 Å². The molecule has 0 radical (unpaired) electrons. The molecule has 1 heterocycles. The van der Waals surface area contributed by atoms with Gasteiger partial charge in [-0.3, -0.25) is 4.11 Å². The van der Waals surface area contributed by atoms with Crippen molar-refractivity contribution in [2.24, 2.45) is 0 Å². The molecule has 0 aromatic heterocycles. The molecular weight excluding hydrogens is 243 g/mol. The van der Waals surface area contributed by atoms with E-state index in [1.54, 1.807) is 0 Å². The first-order valence-corrected chi connectivity index (χ1v) is 8.46. The number of rotatable bonds is 0. The van der Waals surface area contributed by atoms with Crippen molar-refractivity contribution in [3.05, 3.63) is 12.4 Å². The molecule has 106 valence electrons. The van der Waals surface area contributed by atoms with Gasteiger partial charge in [-0.25, -0.2) is 0 Å². The minimum atomic E-state index is -3.26. The Bertz CT molecular complexity index is 320. The quantitative estimate of drug-likeness (QED) is 0.477. The van der Waals surface area contributed by atoms with Gasteiger partial charge in [-0.1, -0.05) is 20.8 Å². The third-order valence-electron chi connectivity index (χ3n) is 3.40. The van der Waals surface area contributed by atoms with Crippen LogP contribution in [0, 0.1) is 0 Å². The first-order valence-electron chi connectivity index (χ1n) is 6.68. The van der Waals surface area contributed by atoms with Crippen LogP contribution in [0.15, 0.2) is 12.4 Å². The first-order chi connectivity index (χ1) is 7.72. The van der Waals surface area contributed by atoms with E-state index in [2.05, 4.69) is 41.5 Å². The zero-order chi connectivity index (χ0) is 14.6. The second-order valence-electron chi connectivity index (χ2n) is 8.22. The first kappa shape index (κ1) is 15.5. The topological polar surface area (TPSA) is 6.48 Å². The van der Waals surface area contributed by atoms with E-state index in [1.165, 1.54) is 0 Å². The summed E-state index contributed by atoms with van der Waals surface area (Å²) in [5.41, 5.74) is -0.379. The smallest absolute Gasteiger partial charge is 0.356 e. The predicted octanol–water partition coefficient (Wildman–Crippen LogP) is 4.38. The molecule has 0 aromatic carbocycles. The van der Waals surface area contributed by atoms with Crippen molar-refractivity contribution in [3.8, 4) is 0 Å². The van der Waals surface area contributed by atoms with E-state index in [-0.39, 0.29) is 16.1 Å². The Balaban J connectivity index is 3.34. The van der Waals surface area contributed by atoms with Gasteiger partial charge in [0, 0.05) is 28.5 Å². The van der Waals surface area contributed by atoms with E-state index in [9.17, 15) is 0 Å². The van der Waals surface area contributed by atoms with E-state index in [0.717, 1.165) is 0 Å². The van der Waals surface area contributed by atoms with Gasteiger partial charge >= 0.3 is 8.73 Å². The Morgan fingerprint density at radius 3 is 1.17 bits per heavy atom. The summed E-state index contributed by atoms with van der Waals surface area (Å²) in [7, 11) is -3.26. The summed E-state index contributed by atoms with van der Waals surface area (Å²) in [6, 6.07) is 0. The fourth-order valence-electron chi connectivity index (χ4n) is 2.51. The predicted molar refractivity (Wildman–Crippen MR) is 78.9 cm³/mol. The average Bonchev–Trinajstić information content (AvgIpc) is 2.40. The summed E-state index contributed by atoms with van der Waals surface area (Å²) < 4.78 is 20.0. The van der Waals surface area contributed by atoms with Gasteiger partial charge in [0.25, 0.3) is 0 Å². The Labute approximate surface area is 113 Å². The van der Waals surface area contributed by atoms with Gasteiger partial charge in [0.2, 0.25) is 0 Å². The van der Waals surface area contributed by atoms with Crippen LogP contribution in [0.4, 0.5) is 4.11 Å². The summed E-state index contributed by atoms with van der Waals surface area (Å²) in [6.45, 7) is 18.5. The third-order valence-corrected chi connectivity index (χ3v) is 8.23. The van der Waals surface area contributed by atoms with Gasteiger partial charge in [-0.05, 0) is 41.5 Å². The second kappa shape index (κ2) is 3.99. The summed E-state index contributed by atoms with van der Waals surface area (Å²) in [6.07, 6.45) is 3.89. The SMILES string of the molecule is CC(C)(C)N1C=CN(C(C)(C)C)[Si]1(F)C(C)(C)C. The summed E-state index contributed by atoms with van der Waals surface area (Å²) >= 11 is 0. The van der Waals surface area contributed by atoms with Crippen LogP contribution in [0.5, 0.6) is 0 Å². The number of hydrogen-bond acceptors (Lipinski definition) is 2. The molecule has 2 nitrogen and oxygen atoms in total. The standard InChI is InChI=1S/C14H29FN2Si/c1-12(2,3)16-10-11-17(13(4,5)6)18(16,15)14(7,8)9/h10-11H,1-9H3. The van der Waals surface area contributed by atoms with Crippen molar-refractivity contribution in [2.75, 3.05) is 0 Å². The Morgan fingerprint density at radius 2 is 1.00 bits per heavy atom. The van der Waals surface area contributed by atoms with Crippen LogP contribution in [-0.4, -0.2) is 28.9 Å². The van der Waals surface area contributed by atoms with Crippen molar-refractivity contribution >= 4 is 8.73 Å². The van der Waals surface area contributed by atoms with Crippen LogP contribution in [0.25, 0.3) is 0 Å². The number of nitrogens with zero attached hydrogens (tertiary/aromatic N) is 2. The lowest BCUT2D eigenvalue weighted by Crippen LogP contribution is -2.69. The third kappa shape index (κ3) is 2.31. The molecule has 0 aromatic rings.